The first kappa shape index (κ1) is 20.5. The molecule has 2 fully saturated rings. The van der Waals surface area contributed by atoms with Crippen LogP contribution < -0.4 is 0 Å². The van der Waals surface area contributed by atoms with E-state index in [-0.39, 0.29) is 11.4 Å². The van der Waals surface area contributed by atoms with Gasteiger partial charge in [-0.05, 0) is 68.0 Å². The summed E-state index contributed by atoms with van der Waals surface area (Å²) in [6.45, 7) is 5.19. The number of aliphatic hydroxyl groups excluding tert-OH is 1. The molecule has 2 heterocycles. The first-order chi connectivity index (χ1) is 13.9. The van der Waals surface area contributed by atoms with Crippen molar-refractivity contribution in [2.75, 3.05) is 26.2 Å². The number of β-amino-alcohol motifs (C(OH)–C–C–N with tert-alkyl or cyclic N) is 1. The molecule has 0 aromatic heterocycles. The third-order valence-electron chi connectivity index (χ3n) is 6.28. The fourth-order valence-corrected chi connectivity index (χ4v) is 5.85. The number of aliphatic hydroxyl groups is 1. The predicted molar refractivity (Wildman–Crippen MR) is 115 cm³/mol. The summed E-state index contributed by atoms with van der Waals surface area (Å²) in [4.78, 5) is 2.85. The summed E-state index contributed by atoms with van der Waals surface area (Å²) >= 11 is 0. The van der Waals surface area contributed by atoms with E-state index < -0.39 is 16.1 Å². The van der Waals surface area contributed by atoms with Crippen LogP contribution >= 0.6 is 0 Å². The van der Waals surface area contributed by atoms with Gasteiger partial charge in [0.25, 0.3) is 0 Å². The molecule has 2 aromatic rings. The highest BCUT2D eigenvalue weighted by molar-refractivity contribution is 7.89. The summed E-state index contributed by atoms with van der Waals surface area (Å²) in [5.74, 6) is 0. The molecule has 156 valence electrons. The normalized spacial score (nSPS) is 23.7. The third kappa shape index (κ3) is 4.56. The highest BCUT2D eigenvalue weighted by Gasteiger charge is 2.31. The summed E-state index contributed by atoms with van der Waals surface area (Å²) in [5, 5.41) is 9.63. The van der Waals surface area contributed by atoms with Gasteiger partial charge in [-0.2, -0.15) is 4.31 Å². The summed E-state index contributed by atoms with van der Waals surface area (Å²) in [7, 11) is -3.53. The first-order valence-electron chi connectivity index (χ1n) is 10.5. The fourth-order valence-electron chi connectivity index (χ4n) is 4.36. The highest BCUT2D eigenvalue weighted by Crippen LogP contribution is 2.25. The van der Waals surface area contributed by atoms with Crippen LogP contribution in [0, 0.1) is 0 Å². The third-order valence-corrected chi connectivity index (χ3v) is 8.16. The van der Waals surface area contributed by atoms with Crippen molar-refractivity contribution >= 4 is 10.0 Å². The van der Waals surface area contributed by atoms with Crippen LogP contribution in [0.2, 0.25) is 0 Å². The van der Waals surface area contributed by atoms with Crippen molar-refractivity contribution < 1.29 is 13.5 Å². The Morgan fingerprint density at radius 3 is 2.17 bits per heavy atom. The molecule has 0 saturated carbocycles. The van der Waals surface area contributed by atoms with Gasteiger partial charge in [0.05, 0.1) is 11.0 Å². The van der Waals surface area contributed by atoms with Crippen molar-refractivity contribution in [1.82, 2.24) is 9.21 Å². The van der Waals surface area contributed by atoms with Crippen molar-refractivity contribution in [2.24, 2.45) is 0 Å². The minimum Gasteiger partial charge on any atom is -0.392 e. The van der Waals surface area contributed by atoms with Crippen molar-refractivity contribution in [1.29, 1.82) is 0 Å². The van der Waals surface area contributed by atoms with Crippen LogP contribution in [0.5, 0.6) is 0 Å². The van der Waals surface area contributed by atoms with E-state index in [1.165, 1.54) is 29.3 Å². The van der Waals surface area contributed by atoms with Crippen LogP contribution in [0.4, 0.5) is 0 Å². The van der Waals surface area contributed by atoms with Gasteiger partial charge in [0.1, 0.15) is 0 Å². The van der Waals surface area contributed by atoms with Gasteiger partial charge in [-0.25, -0.2) is 8.42 Å². The van der Waals surface area contributed by atoms with Crippen LogP contribution in [0.15, 0.2) is 53.4 Å². The molecular weight excluding hydrogens is 384 g/mol. The summed E-state index contributed by atoms with van der Waals surface area (Å²) in [6, 6.07) is 16.3. The topological polar surface area (TPSA) is 60.9 Å². The zero-order valence-electron chi connectivity index (χ0n) is 17.0. The summed E-state index contributed by atoms with van der Waals surface area (Å²) in [5.41, 5.74) is 3.42. The molecule has 0 amide bonds. The van der Waals surface area contributed by atoms with E-state index in [1.807, 2.05) is 12.1 Å². The second kappa shape index (κ2) is 8.56. The van der Waals surface area contributed by atoms with Crippen molar-refractivity contribution in [2.45, 2.75) is 49.6 Å². The van der Waals surface area contributed by atoms with Crippen molar-refractivity contribution in [3.05, 3.63) is 54.1 Å². The van der Waals surface area contributed by atoms with Gasteiger partial charge in [0.2, 0.25) is 10.0 Å². The molecule has 2 atom stereocenters. The zero-order valence-corrected chi connectivity index (χ0v) is 17.8. The van der Waals surface area contributed by atoms with Crippen molar-refractivity contribution in [3.8, 4) is 11.1 Å². The van der Waals surface area contributed by atoms with Gasteiger partial charge >= 0.3 is 0 Å². The van der Waals surface area contributed by atoms with Gasteiger partial charge in [0, 0.05) is 25.7 Å². The van der Waals surface area contributed by atoms with Gasteiger partial charge in [-0.15, -0.1) is 0 Å². The lowest BCUT2D eigenvalue weighted by Gasteiger charge is -2.20. The van der Waals surface area contributed by atoms with E-state index in [0.717, 1.165) is 24.1 Å². The molecule has 29 heavy (non-hydrogen) atoms. The van der Waals surface area contributed by atoms with E-state index in [2.05, 4.69) is 36.1 Å². The van der Waals surface area contributed by atoms with E-state index >= 15 is 0 Å². The number of sulfonamides is 1. The molecule has 2 aliphatic heterocycles. The molecule has 2 aromatic carbocycles. The SMILES string of the molecule is C[C@@H]1CCCN1CCc1ccc(-c2ccc(S(=O)(=O)N3CC[C@H](O)C3)cc2)cc1. The molecule has 6 heteroatoms. The number of nitrogens with zero attached hydrogens (tertiary/aromatic N) is 2. The molecule has 2 aliphatic rings. The maximum absolute atomic E-state index is 12.7. The molecular formula is C23H30N2O3S. The Labute approximate surface area is 174 Å². The Hall–Kier alpha value is -1.73. The largest absolute Gasteiger partial charge is 0.392 e. The fraction of sp³-hybridized carbons (Fsp3) is 0.478. The minimum atomic E-state index is -3.53. The molecule has 0 radical (unpaired) electrons. The summed E-state index contributed by atoms with van der Waals surface area (Å²) < 4.78 is 26.7. The van der Waals surface area contributed by atoms with Crippen LogP contribution in [0.3, 0.4) is 0 Å². The number of benzene rings is 2. The van der Waals surface area contributed by atoms with Gasteiger partial charge < -0.3 is 10.0 Å². The van der Waals surface area contributed by atoms with Crippen LogP contribution in [-0.4, -0.2) is 61.1 Å². The second-order valence-electron chi connectivity index (χ2n) is 8.30. The predicted octanol–water partition coefficient (Wildman–Crippen LogP) is 3.14. The number of hydrogen-bond donors (Lipinski definition) is 1. The Balaban J connectivity index is 1.41. The van der Waals surface area contributed by atoms with E-state index in [1.54, 1.807) is 12.1 Å². The second-order valence-corrected chi connectivity index (χ2v) is 10.2. The minimum absolute atomic E-state index is 0.182. The van der Waals surface area contributed by atoms with Crippen LogP contribution in [0.25, 0.3) is 11.1 Å². The maximum Gasteiger partial charge on any atom is 0.243 e. The smallest absolute Gasteiger partial charge is 0.243 e. The molecule has 0 unspecified atom stereocenters. The Morgan fingerprint density at radius 2 is 1.62 bits per heavy atom. The number of hydrogen-bond acceptors (Lipinski definition) is 4. The van der Waals surface area contributed by atoms with E-state index in [9.17, 15) is 13.5 Å². The standard InChI is InChI=1S/C23H30N2O3S/c1-18-3-2-14-24(18)15-12-19-4-6-20(7-5-19)21-8-10-23(11-9-21)29(27,28)25-16-13-22(26)17-25/h4-11,18,22,26H,2-3,12-17H2,1H3/t18-,22+/m1/s1. The quantitative estimate of drug-likeness (QED) is 0.789. The molecule has 0 spiro atoms. The lowest BCUT2D eigenvalue weighted by Crippen LogP contribution is -2.29. The lowest BCUT2D eigenvalue weighted by atomic mass is 10.0. The summed E-state index contributed by atoms with van der Waals surface area (Å²) in [6.07, 6.45) is 3.62. The van der Waals surface area contributed by atoms with Crippen LogP contribution in [0.1, 0.15) is 31.7 Å². The molecule has 5 nitrogen and oxygen atoms in total. The van der Waals surface area contributed by atoms with Crippen molar-refractivity contribution in [3.63, 3.8) is 0 Å². The molecule has 1 N–H and O–H groups in total. The van der Waals surface area contributed by atoms with Crippen LogP contribution in [-0.2, 0) is 16.4 Å². The molecule has 4 rings (SSSR count). The monoisotopic (exact) mass is 414 g/mol. The molecule has 0 bridgehead atoms. The average Bonchev–Trinajstić information content (AvgIpc) is 3.35. The molecule has 2 saturated heterocycles. The number of rotatable bonds is 6. The Morgan fingerprint density at radius 1 is 0.966 bits per heavy atom. The Kier molecular flexibility index (Phi) is 6.06. The number of likely N-dealkylation sites (tertiary alicyclic amines) is 1. The van der Waals surface area contributed by atoms with E-state index in [4.69, 9.17) is 0 Å². The van der Waals surface area contributed by atoms with E-state index in [0.29, 0.717) is 19.0 Å². The first-order valence-corrected chi connectivity index (χ1v) is 12.0. The lowest BCUT2D eigenvalue weighted by molar-refractivity contribution is 0.189. The van der Waals surface area contributed by atoms with Gasteiger partial charge in [-0.3, -0.25) is 0 Å². The Bertz CT molecular complexity index is 926. The highest BCUT2D eigenvalue weighted by atomic mass is 32.2. The zero-order chi connectivity index (χ0) is 20.4. The maximum atomic E-state index is 12.7. The molecule has 0 aliphatic carbocycles. The average molecular weight is 415 g/mol. The van der Waals surface area contributed by atoms with Gasteiger partial charge in [0.15, 0.2) is 0 Å². The van der Waals surface area contributed by atoms with Gasteiger partial charge in [-0.1, -0.05) is 36.4 Å².